The van der Waals surface area contributed by atoms with E-state index in [4.69, 9.17) is 0 Å². The van der Waals surface area contributed by atoms with Crippen molar-refractivity contribution in [3.63, 3.8) is 0 Å². The number of carbonyl (C=O) groups excluding carboxylic acids is 1. The average molecular weight is 415 g/mol. The van der Waals surface area contributed by atoms with Gasteiger partial charge in [-0.2, -0.15) is 5.10 Å². The second-order valence-corrected chi connectivity index (χ2v) is 7.93. The molecule has 1 unspecified atom stereocenters. The summed E-state index contributed by atoms with van der Waals surface area (Å²) in [6.45, 7) is 2.06. The van der Waals surface area contributed by atoms with Crippen LogP contribution in [0.2, 0.25) is 0 Å². The number of nitrogens with one attached hydrogen (secondary N) is 2. The molecule has 0 spiro atoms. The summed E-state index contributed by atoms with van der Waals surface area (Å²) in [5.41, 5.74) is 4.90. The second kappa shape index (κ2) is 9.41. The highest BCUT2D eigenvalue weighted by Crippen LogP contribution is 2.25. The fourth-order valence-corrected chi connectivity index (χ4v) is 4.03. The van der Waals surface area contributed by atoms with E-state index >= 15 is 0 Å². The summed E-state index contributed by atoms with van der Waals surface area (Å²) in [5, 5.41) is 10.7. The number of H-pyrrole nitrogens is 1. The van der Waals surface area contributed by atoms with Crippen molar-refractivity contribution in [2.45, 2.75) is 23.9 Å². The van der Waals surface area contributed by atoms with E-state index in [2.05, 4.69) is 51.7 Å². The van der Waals surface area contributed by atoms with Crippen molar-refractivity contribution in [1.82, 2.24) is 20.5 Å². The number of thioether (sulfide) groups is 1. The van der Waals surface area contributed by atoms with E-state index in [9.17, 15) is 4.79 Å². The highest BCUT2D eigenvalue weighted by molar-refractivity contribution is 7.98. The average Bonchev–Trinajstić information content (AvgIpc) is 3.31. The van der Waals surface area contributed by atoms with Crippen LogP contribution in [0.1, 0.15) is 38.7 Å². The van der Waals surface area contributed by atoms with Crippen LogP contribution in [0.15, 0.2) is 90.3 Å². The number of rotatable bonds is 7. The zero-order chi connectivity index (χ0) is 20.8. The molecule has 30 heavy (non-hydrogen) atoms. The van der Waals surface area contributed by atoms with Crippen LogP contribution in [-0.2, 0) is 5.75 Å². The third-order valence-corrected chi connectivity index (χ3v) is 5.76. The van der Waals surface area contributed by atoms with Gasteiger partial charge in [-0.15, -0.1) is 0 Å². The molecule has 0 radical (unpaired) electrons. The molecule has 4 rings (SSSR count). The molecule has 3 aromatic carbocycles. The quantitative estimate of drug-likeness (QED) is 0.421. The van der Waals surface area contributed by atoms with Gasteiger partial charge in [-0.1, -0.05) is 90.1 Å². The molecule has 0 fully saturated rings. The lowest BCUT2D eigenvalue weighted by Crippen LogP contribution is -2.30. The molecular formula is C24H22N4OS. The highest BCUT2D eigenvalue weighted by atomic mass is 32.2. The third kappa shape index (κ3) is 4.78. The van der Waals surface area contributed by atoms with Gasteiger partial charge in [0.15, 0.2) is 5.16 Å². The fraction of sp³-hybridized carbons (Fsp3) is 0.125. The van der Waals surface area contributed by atoms with Crippen LogP contribution in [0.3, 0.4) is 0 Å². The summed E-state index contributed by atoms with van der Waals surface area (Å²) < 4.78 is 0. The van der Waals surface area contributed by atoms with E-state index in [1.54, 1.807) is 0 Å². The molecule has 1 heterocycles. The summed E-state index contributed by atoms with van der Waals surface area (Å²) in [6.07, 6.45) is 1.48. The van der Waals surface area contributed by atoms with E-state index in [1.807, 2.05) is 54.6 Å². The number of benzene rings is 3. The Bertz CT molecular complexity index is 1100. The SMILES string of the molecule is Cc1ccc(C(NC(=O)c2ccccc2CSc2ncn[nH]2)c2ccccc2)cc1. The zero-order valence-electron chi connectivity index (χ0n) is 16.6. The van der Waals surface area contributed by atoms with Gasteiger partial charge in [0.1, 0.15) is 6.33 Å². The number of hydrogen-bond donors (Lipinski definition) is 2. The number of carbonyl (C=O) groups is 1. The van der Waals surface area contributed by atoms with Gasteiger partial charge in [0.25, 0.3) is 5.91 Å². The predicted molar refractivity (Wildman–Crippen MR) is 119 cm³/mol. The lowest BCUT2D eigenvalue weighted by atomic mass is 9.97. The maximum absolute atomic E-state index is 13.3. The first-order valence-electron chi connectivity index (χ1n) is 9.69. The van der Waals surface area contributed by atoms with Crippen molar-refractivity contribution in [2.24, 2.45) is 0 Å². The Morgan fingerprint density at radius 2 is 1.67 bits per heavy atom. The predicted octanol–water partition coefficient (Wildman–Crippen LogP) is 4.92. The van der Waals surface area contributed by atoms with Crippen LogP contribution in [0.5, 0.6) is 0 Å². The van der Waals surface area contributed by atoms with Crippen molar-refractivity contribution < 1.29 is 4.79 Å². The van der Waals surface area contributed by atoms with Gasteiger partial charge in [0.2, 0.25) is 0 Å². The normalized spacial score (nSPS) is 11.8. The number of aromatic nitrogens is 3. The molecular weight excluding hydrogens is 392 g/mol. The van der Waals surface area contributed by atoms with Gasteiger partial charge in [0.05, 0.1) is 6.04 Å². The lowest BCUT2D eigenvalue weighted by molar-refractivity contribution is 0.0942. The molecule has 0 aliphatic rings. The highest BCUT2D eigenvalue weighted by Gasteiger charge is 2.19. The molecule has 0 bridgehead atoms. The maximum atomic E-state index is 13.3. The number of hydrogen-bond acceptors (Lipinski definition) is 4. The molecule has 1 atom stereocenters. The van der Waals surface area contributed by atoms with E-state index in [1.165, 1.54) is 23.7 Å². The van der Waals surface area contributed by atoms with E-state index in [0.717, 1.165) is 21.8 Å². The molecule has 2 N–H and O–H groups in total. The number of nitrogens with zero attached hydrogens (tertiary/aromatic N) is 2. The third-order valence-electron chi connectivity index (χ3n) is 4.84. The molecule has 6 heteroatoms. The number of amides is 1. The Labute approximate surface area is 180 Å². The minimum absolute atomic E-state index is 0.0989. The topological polar surface area (TPSA) is 70.7 Å². The summed E-state index contributed by atoms with van der Waals surface area (Å²) in [4.78, 5) is 17.4. The Balaban J connectivity index is 1.59. The van der Waals surface area contributed by atoms with Crippen LogP contribution in [0.4, 0.5) is 0 Å². The van der Waals surface area contributed by atoms with Crippen molar-refractivity contribution in [1.29, 1.82) is 0 Å². The van der Waals surface area contributed by atoms with Gasteiger partial charge >= 0.3 is 0 Å². The van der Waals surface area contributed by atoms with Crippen molar-refractivity contribution in [3.8, 4) is 0 Å². The van der Waals surface area contributed by atoms with Crippen LogP contribution >= 0.6 is 11.8 Å². The van der Waals surface area contributed by atoms with Crippen LogP contribution in [0.25, 0.3) is 0 Å². The van der Waals surface area contributed by atoms with Crippen molar-refractivity contribution in [2.75, 3.05) is 0 Å². The van der Waals surface area contributed by atoms with E-state index in [0.29, 0.717) is 11.3 Å². The minimum Gasteiger partial charge on any atom is -0.341 e. The minimum atomic E-state index is -0.228. The molecule has 0 aliphatic heterocycles. The summed E-state index contributed by atoms with van der Waals surface area (Å²) in [6, 6.07) is 25.8. The van der Waals surface area contributed by atoms with Gasteiger partial charge < -0.3 is 5.32 Å². The van der Waals surface area contributed by atoms with Crippen LogP contribution in [-0.4, -0.2) is 21.1 Å². The Kier molecular flexibility index (Phi) is 6.25. The molecule has 0 aliphatic carbocycles. The van der Waals surface area contributed by atoms with Gasteiger partial charge in [-0.25, -0.2) is 4.98 Å². The molecule has 0 saturated heterocycles. The van der Waals surface area contributed by atoms with Gasteiger partial charge in [0, 0.05) is 11.3 Å². The first kappa shape index (κ1) is 19.9. The Morgan fingerprint density at radius 1 is 0.967 bits per heavy atom. The fourth-order valence-electron chi connectivity index (χ4n) is 3.25. The number of aryl methyl sites for hydroxylation is 1. The van der Waals surface area contributed by atoms with Gasteiger partial charge in [-0.3, -0.25) is 9.89 Å². The van der Waals surface area contributed by atoms with Crippen LogP contribution in [0, 0.1) is 6.92 Å². The van der Waals surface area contributed by atoms with E-state index < -0.39 is 0 Å². The molecule has 4 aromatic rings. The summed E-state index contributed by atoms with van der Waals surface area (Å²) in [5.74, 6) is 0.525. The Hall–Kier alpha value is -3.38. The standard InChI is InChI=1S/C24H22N4OS/c1-17-11-13-19(14-12-17)22(18-7-3-2-4-8-18)27-23(29)21-10-6-5-9-20(21)15-30-24-25-16-26-28-24/h2-14,16,22H,15H2,1H3,(H,27,29)(H,25,26,28). The maximum Gasteiger partial charge on any atom is 0.252 e. The summed E-state index contributed by atoms with van der Waals surface area (Å²) >= 11 is 1.52. The summed E-state index contributed by atoms with van der Waals surface area (Å²) in [7, 11) is 0. The van der Waals surface area contributed by atoms with Crippen LogP contribution < -0.4 is 5.32 Å². The molecule has 1 aromatic heterocycles. The van der Waals surface area contributed by atoms with Crippen molar-refractivity contribution in [3.05, 3.63) is 113 Å². The lowest BCUT2D eigenvalue weighted by Gasteiger charge is -2.21. The zero-order valence-corrected chi connectivity index (χ0v) is 17.4. The molecule has 1 amide bonds. The van der Waals surface area contributed by atoms with Gasteiger partial charge in [-0.05, 0) is 29.7 Å². The molecule has 0 saturated carbocycles. The molecule has 5 nitrogen and oxygen atoms in total. The first-order chi connectivity index (χ1) is 14.7. The largest absolute Gasteiger partial charge is 0.341 e. The monoisotopic (exact) mass is 414 g/mol. The first-order valence-corrected chi connectivity index (χ1v) is 10.7. The second-order valence-electron chi connectivity index (χ2n) is 6.96. The van der Waals surface area contributed by atoms with E-state index in [-0.39, 0.29) is 11.9 Å². The van der Waals surface area contributed by atoms with Crippen molar-refractivity contribution >= 4 is 17.7 Å². The smallest absolute Gasteiger partial charge is 0.252 e. The number of aromatic amines is 1. The molecule has 150 valence electrons. The Morgan fingerprint density at radius 3 is 2.40 bits per heavy atom.